The Morgan fingerprint density at radius 2 is 1.75 bits per heavy atom. The van der Waals surface area contributed by atoms with Crippen LogP contribution in [0.15, 0.2) is 67.3 Å². The fourth-order valence-corrected chi connectivity index (χ4v) is 4.24. The summed E-state index contributed by atoms with van der Waals surface area (Å²) in [6.45, 7) is 3.83. The zero-order chi connectivity index (χ0) is 17.0. The second-order valence-electron chi connectivity index (χ2n) is 7.13. The molecule has 24 heavy (non-hydrogen) atoms. The summed E-state index contributed by atoms with van der Waals surface area (Å²) in [4.78, 5) is 12.1. The van der Waals surface area contributed by atoms with Crippen LogP contribution in [0.1, 0.15) is 43.6 Å². The van der Waals surface area contributed by atoms with Gasteiger partial charge in [-0.05, 0) is 49.5 Å². The molecular formula is C22H26O2. The summed E-state index contributed by atoms with van der Waals surface area (Å²) >= 11 is 0. The minimum atomic E-state index is -0.829. The van der Waals surface area contributed by atoms with Crippen LogP contribution in [0.4, 0.5) is 0 Å². The van der Waals surface area contributed by atoms with Crippen LogP contribution in [0.5, 0.6) is 0 Å². The zero-order valence-electron chi connectivity index (χ0n) is 14.1. The lowest BCUT2D eigenvalue weighted by atomic mass is 9.64. The number of hydrogen-bond acceptors (Lipinski definition) is 1. The topological polar surface area (TPSA) is 37.3 Å². The van der Waals surface area contributed by atoms with Crippen molar-refractivity contribution >= 4 is 5.97 Å². The molecule has 0 amide bonds. The van der Waals surface area contributed by atoms with E-state index in [1.807, 2.05) is 36.4 Å². The van der Waals surface area contributed by atoms with Crippen molar-refractivity contribution in [3.8, 4) is 0 Å². The first-order valence-corrected chi connectivity index (χ1v) is 8.93. The second-order valence-corrected chi connectivity index (χ2v) is 7.13. The fraction of sp³-hybridized carbons (Fsp3) is 0.409. The van der Waals surface area contributed by atoms with Gasteiger partial charge in [-0.15, -0.1) is 6.58 Å². The Morgan fingerprint density at radius 3 is 2.29 bits per heavy atom. The van der Waals surface area contributed by atoms with Crippen LogP contribution in [0, 0.1) is 17.3 Å². The Balaban J connectivity index is 1.76. The molecule has 2 aliphatic rings. The van der Waals surface area contributed by atoms with E-state index in [2.05, 4.69) is 30.9 Å². The molecule has 0 aromatic heterocycles. The van der Waals surface area contributed by atoms with Crippen molar-refractivity contribution in [3.63, 3.8) is 0 Å². The van der Waals surface area contributed by atoms with E-state index in [9.17, 15) is 9.90 Å². The number of carboxylic acids is 1. The van der Waals surface area contributed by atoms with Crippen LogP contribution in [-0.2, 0) is 4.79 Å². The molecule has 1 aromatic carbocycles. The van der Waals surface area contributed by atoms with Gasteiger partial charge in [-0.2, -0.15) is 0 Å². The molecule has 1 saturated carbocycles. The van der Waals surface area contributed by atoms with Gasteiger partial charge in [-0.1, -0.05) is 60.7 Å². The molecule has 2 aliphatic carbocycles. The molecule has 1 aromatic rings. The van der Waals surface area contributed by atoms with Crippen molar-refractivity contribution in [1.29, 1.82) is 0 Å². The Hall–Kier alpha value is -2.09. The Kier molecular flexibility index (Phi) is 5.03. The first kappa shape index (κ1) is 16.8. The first-order chi connectivity index (χ1) is 11.7. The summed E-state index contributed by atoms with van der Waals surface area (Å²) in [5.41, 5.74) is 0.378. The van der Waals surface area contributed by atoms with E-state index in [1.54, 1.807) is 0 Å². The zero-order valence-corrected chi connectivity index (χ0v) is 14.1. The number of carbonyl (C=O) groups is 1. The van der Waals surface area contributed by atoms with Gasteiger partial charge >= 0.3 is 5.97 Å². The second kappa shape index (κ2) is 7.21. The van der Waals surface area contributed by atoms with Crippen LogP contribution < -0.4 is 0 Å². The molecule has 1 N–H and O–H groups in total. The highest BCUT2D eigenvalue weighted by Crippen LogP contribution is 2.46. The molecule has 0 spiro atoms. The number of benzene rings is 1. The molecule has 0 bridgehead atoms. The molecule has 3 rings (SSSR count). The van der Waals surface area contributed by atoms with Crippen LogP contribution >= 0.6 is 0 Å². The minimum absolute atomic E-state index is 0.177. The van der Waals surface area contributed by atoms with Gasteiger partial charge in [0.1, 0.15) is 5.41 Å². The van der Waals surface area contributed by atoms with Crippen LogP contribution in [0.25, 0.3) is 0 Å². The lowest BCUT2D eigenvalue weighted by molar-refractivity contribution is -0.146. The average molecular weight is 322 g/mol. The predicted molar refractivity (Wildman–Crippen MR) is 97.8 cm³/mol. The standard InChI is InChI=1S/C22H26O2/c1-2-6-17-9-11-20(12-10-17)22(21(23)24)15-13-19(14-16-22)18-7-4-3-5-8-18/h2-5,7-8,13-17,19-20H,1,6,9-12H2,(H,23,24)/t17-,19?,20-,22?. The summed E-state index contributed by atoms with van der Waals surface area (Å²) in [6.07, 6.45) is 15.3. The highest BCUT2D eigenvalue weighted by Gasteiger charge is 2.44. The van der Waals surface area contributed by atoms with E-state index in [0.717, 1.165) is 32.1 Å². The van der Waals surface area contributed by atoms with Crippen molar-refractivity contribution < 1.29 is 9.90 Å². The maximum Gasteiger partial charge on any atom is 0.317 e. The van der Waals surface area contributed by atoms with Gasteiger partial charge in [-0.3, -0.25) is 4.79 Å². The molecule has 0 saturated heterocycles. The average Bonchev–Trinajstić information content (AvgIpc) is 2.63. The molecule has 0 radical (unpaired) electrons. The summed E-state index contributed by atoms with van der Waals surface area (Å²) in [7, 11) is 0. The van der Waals surface area contributed by atoms with E-state index in [1.165, 1.54) is 5.56 Å². The third-order valence-corrected chi connectivity index (χ3v) is 5.74. The van der Waals surface area contributed by atoms with Crippen molar-refractivity contribution in [2.24, 2.45) is 17.3 Å². The fourth-order valence-electron chi connectivity index (χ4n) is 4.24. The summed E-state index contributed by atoms with van der Waals surface area (Å²) in [6, 6.07) is 10.2. The van der Waals surface area contributed by atoms with Gasteiger partial charge in [0.25, 0.3) is 0 Å². The van der Waals surface area contributed by atoms with Gasteiger partial charge < -0.3 is 5.11 Å². The molecule has 0 atom stereocenters. The van der Waals surface area contributed by atoms with Crippen LogP contribution in [0.3, 0.4) is 0 Å². The highest BCUT2D eigenvalue weighted by molar-refractivity contribution is 5.80. The molecule has 126 valence electrons. The maximum absolute atomic E-state index is 12.1. The van der Waals surface area contributed by atoms with Crippen LogP contribution in [-0.4, -0.2) is 11.1 Å². The molecule has 1 fully saturated rings. The van der Waals surface area contributed by atoms with Crippen LogP contribution in [0.2, 0.25) is 0 Å². The predicted octanol–water partition coefficient (Wildman–Crippen LogP) is 5.35. The molecule has 0 unspecified atom stereocenters. The monoisotopic (exact) mass is 322 g/mol. The molecule has 0 heterocycles. The smallest absolute Gasteiger partial charge is 0.317 e. The Labute approximate surface area is 144 Å². The Bertz CT molecular complexity index is 619. The molecule has 2 nitrogen and oxygen atoms in total. The van der Waals surface area contributed by atoms with Gasteiger partial charge in [0.2, 0.25) is 0 Å². The van der Waals surface area contributed by atoms with Gasteiger partial charge in [0.05, 0.1) is 0 Å². The van der Waals surface area contributed by atoms with Gasteiger partial charge in [-0.25, -0.2) is 0 Å². The van der Waals surface area contributed by atoms with E-state index >= 15 is 0 Å². The Morgan fingerprint density at radius 1 is 1.12 bits per heavy atom. The van der Waals surface area contributed by atoms with Crippen molar-refractivity contribution in [2.75, 3.05) is 0 Å². The number of hydrogen-bond donors (Lipinski definition) is 1. The largest absolute Gasteiger partial charge is 0.480 e. The number of aliphatic carboxylic acids is 1. The maximum atomic E-state index is 12.1. The normalized spacial score (nSPS) is 32.4. The van der Waals surface area contributed by atoms with Gasteiger partial charge in [0.15, 0.2) is 0 Å². The third kappa shape index (κ3) is 3.24. The van der Waals surface area contributed by atoms with E-state index in [0.29, 0.717) is 5.92 Å². The number of rotatable bonds is 5. The van der Waals surface area contributed by atoms with Crippen molar-refractivity contribution in [2.45, 2.75) is 38.0 Å². The van der Waals surface area contributed by atoms with Crippen molar-refractivity contribution in [1.82, 2.24) is 0 Å². The van der Waals surface area contributed by atoms with E-state index in [-0.39, 0.29) is 11.8 Å². The molecule has 2 heteroatoms. The minimum Gasteiger partial charge on any atom is -0.480 e. The SMILES string of the molecule is C=CC[C@H]1CC[C@H](C2(C(=O)O)C=CC(c3ccccc3)C=C2)CC1. The number of allylic oxidation sites excluding steroid dienone is 3. The lowest BCUT2D eigenvalue weighted by Gasteiger charge is -2.39. The summed E-state index contributed by atoms with van der Waals surface area (Å²) in [5, 5.41) is 9.95. The first-order valence-electron chi connectivity index (χ1n) is 8.93. The highest BCUT2D eigenvalue weighted by atomic mass is 16.4. The van der Waals surface area contributed by atoms with Crippen molar-refractivity contribution in [3.05, 3.63) is 72.9 Å². The third-order valence-electron chi connectivity index (χ3n) is 5.74. The van der Waals surface area contributed by atoms with E-state index in [4.69, 9.17) is 0 Å². The quantitative estimate of drug-likeness (QED) is 0.742. The summed E-state index contributed by atoms with van der Waals surface area (Å²) in [5.74, 6) is 0.336. The molecular weight excluding hydrogens is 296 g/mol. The summed E-state index contributed by atoms with van der Waals surface area (Å²) < 4.78 is 0. The lowest BCUT2D eigenvalue weighted by Crippen LogP contribution is -2.38. The number of carboxylic acid groups (broad SMARTS) is 1. The van der Waals surface area contributed by atoms with Gasteiger partial charge in [0, 0.05) is 5.92 Å². The molecule has 0 aliphatic heterocycles. The van der Waals surface area contributed by atoms with E-state index < -0.39 is 11.4 Å².